The van der Waals surface area contributed by atoms with Gasteiger partial charge in [-0.05, 0) is 19.1 Å². The highest BCUT2D eigenvalue weighted by Gasteiger charge is 2.15. The van der Waals surface area contributed by atoms with Crippen LogP contribution in [0.2, 0.25) is 5.02 Å². The van der Waals surface area contributed by atoms with Gasteiger partial charge in [-0.1, -0.05) is 11.6 Å². The predicted octanol–water partition coefficient (Wildman–Crippen LogP) is 2.12. The Hall–Kier alpha value is -1.53. The fourth-order valence-corrected chi connectivity index (χ4v) is 1.23. The van der Waals surface area contributed by atoms with E-state index in [1.165, 1.54) is 19.1 Å². The largest absolute Gasteiger partial charge is 0.507 e. The second kappa shape index (κ2) is 3.46. The van der Waals surface area contributed by atoms with Crippen LogP contribution in [0.25, 0.3) is 0 Å². The predicted molar refractivity (Wildman–Crippen MR) is 47.8 cm³/mol. The SMILES string of the molecule is CC(=O)c1c(O)ccc(Cl)c1C#N. The monoisotopic (exact) mass is 195 g/mol. The molecule has 0 heterocycles. The van der Waals surface area contributed by atoms with Crippen molar-refractivity contribution in [3.63, 3.8) is 0 Å². The Labute approximate surface area is 80.2 Å². The van der Waals surface area contributed by atoms with E-state index in [4.69, 9.17) is 16.9 Å². The molecular weight excluding hydrogens is 190 g/mol. The second-order valence-electron chi connectivity index (χ2n) is 2.48. The van der Waals surface area contributed by atoms with E-state index in [-0.39, 0.29) is 27.7 Å². The number of hydrogen-bond acceptors (Lipinski definition) is 3. The van der Waals surface area contributed by atoms with Crippen LogP contribution in [0.1, 0.15) is 22.8 Å². The van der Waals surface area contributed by atoms with Gasteiger partial charge in [0.25, 0.3) is 0 Å². The quantitative estimate of drug-likeness (QED) is 0.699. The molecule has 4 heteroatoms. The van der Waals surface area contributed by atoms with Crippen LogP contribution in [0.5, 0.6) is 5.75 Å². The summed E-state index contributed by atoms with van der Waals surface area (Å²) in [5.74, 6) is -0.593. The van der Waals surface area contributed by atoms with Crippen molar-refractivity contribution in [2.24, 2.45) is 0 Å². The highest BCUT2D eigenvalue weighted by atomic mass is 35.5. The zero-order valence-corrected chi connectivity index (χ0v) is 7.59. The molecular formula is C9H6ClNO2. The maximum Gasteiger partial charge on any atom is 0.164 e. The average Bonchev–Trinajstić information content (AvgIpc) is 2.07. The van der Waals surface area contributed by atoms with Gasteiger partial charge < -0.3 is 5.11 Å². The van der Waals surface area contributed by atoms with Crippen LogP contribution in [0, 0.1) is 11.3 Å². The molecule has 0 atom stereocenters. The van der Waals surface area contributed by atoms with Crippen molar-refractivity contribution in [2.75, 3.05) is 0 Å². The molecule has 0 unspecified atom stereocenters. The molecule has 13 heavy (non-hydrogen) atoms. The Balaban J connectivity index is 3.55. The first-order valence-corrected chi connectivity index (χ1v) is 3.88. The highest BCUT2D eigenvalue weighted by Crippen LogP contribution is 2.27. The summed E-state index contributed by atoms with van der Waals surface area (Å²) < 4.78 is 0. The van der Waals surface area contributed by atoms with Crippen LogP contribution in [0.15, 0.2) is 12.1 Å². The Morgan fingerprint density at radius 3 is 2.62 bits per heavy atom. The lowest BCUT2D eigenvalue weighted by Crippen LogP contribution is -1.97. The summed E-state index contributed by atoms with van der Waals surface area (Å²) in [6, 6.07) is 4.44. The van der Waals surface area contributed by atoms with Crippen molar-refractivity contribution >= 4 is 17.4 Å². The number of benzene rings is 1. The van der Waals surface area contributed by atoms with E-state index in [9.17, 15) is 9.90 Å². The van der Waals surface area contributed by atoms with Crippen molar-refractivity contribution in [2.45, 2.75) is 6.92 Å². The van der Waals surface area contributed by atoms with Crippen molar-refractivity contribution in [3.05, 3.63) is 28.3 Å². The topological polar surface area (TPSA) is 61.1 Å². The Morgan fingerprint density at radius 1 is 1.62 bits per heavy atom. The molecule has 0 aromatic heterocycles. The van der Waals surface area contributed by atoms with Crippen molar-refractivity contribution in [3.8, 4) is 11.8 Å². The van der Waals surface area contributed by atoms with Crippen LogP contribution >= 0.6 is 11.6 Å². The average molecular weight is 196 g/mol. The standard InChI is InChI=1S/C9H6ClNO2/c1-5(12)9-6(4-11)7(10)2-3-8(9)13/h2-3,13H,1H3. The summed E-state index contributed by atoms with van der Waals surface area (Å²) in [6.45, 7) is 1.27. The molecule has 0 bridgehead atoms. The minimum absolute atomic E-state index is 0.0185. The maximum atomic E-state index is 11.0. The van der Waals surface area contributed by atoms with E-state index in [1.807, 2.05) is 0 Å². The summed E-state index contributed by atoms with van der Waals surface area (Å²) in [6.07, 6.45) is 0. The molecule has 0 spiro atoms. The molecule has 66 valence electrons. The molecule has 0 radical (unpaired) electrons. The fraction of sp³-hybridized carbons (Fsp3) is 0.111. The third-order valence-electron chi connectivity index (χ3n) is 1.60. The summed E-state index contributed by atoms with van der Waals surface area (Å²) >= 11 is 5.66. The number of hydrogen-bond donors (Lipinski definition) is 1. The minimum Gasteiger partial charge on any atom is -0.507 e. The minimum atomic E-state index is -0.378. The maximum absolute atomic E-state index is 11.0. The molecule has 0 aliphatic carbocycles. The van der Waals surface area contributed by atoms with E-state index < -0.39 is 0 Å². The molecule has 0 aliphatic rings. The zero-order valence-electron chi connectivity index (χ0n) is 6.84. The van der Waals surface area contributed by atoms with Crippen LogP contribution in [-0.2, 0) is 0 Å². The molecule has 3 nitrogen and oxygen atoms in total. The van der Waals surface area contributed by atoms with Gasteiger partial charge in [-0.25, -0.2) is 0 Å². The van der Waals surface area contributed by atoms with E-state index in [0.29, 0.717) is 0 Å². The van der Waals surface area contributed by atoms with Gasteiger partial charge >= 0.3 is 0 Å². The van der Waals surface area contributed by atoms with Gasteiger partial charge in [-0.3, -0.25) is 4.79 Å². The molecule has 0 saturated carbocycles. The van der Waals surface area contributed by atoms with E-state index in [2.05, 4.69) is 0 Å². The molecule has 1 rings (SSSR count). The number of Topliss-reactive ketones (excluding diaryl/α,β-unsaturated/α-hetero) is 1. The van der Waals surface area contributed by atoms with Gasteiger partial charge in [-0.2, -0.15) is 5.26 Å². The summed E-state index contributed by atoms with van der Waals surface area (Å²) in [4.78, 5) is 11.0. The number of phenols is 1. The number of carbonyl (C=O) groups is 1. The van der Waals surface area contributed by atoms with Crippen LogP contribution in [0.4, 0.5) is 0 Å². The third-order valence-corrected chi connectivity index (χ3v) is 1.91. The van der Waals surface area contributed by atoms with Crippen LogP contribution in [0.3, 0.4) is 0 Å². The number of ketones is 1. The fourth-order valence-electron chi connectivity index (χ4n) is 1.03. The molecule has 1 aromatic carbocycles. The molecule has 0 aliphatic heterocycles. The van der Waals surface area contributed by atoms with Crippen molar-refractivity contribution in [1.29, 1.82) is 5.26 Å². The third kappa shape index (κ3) is 1.63. The van der Waals surface area contributed by atoms with Gasteiger partial charge in [-0.15, -0.1) is 0 Å². The van der Waals surface area contributed by atoms with Crippen molar-refractivity contribution in [1.82, 2.24) is 0 Å². The second-order valence-corrected chi connectivity index (χ2v) is 2.89. The highest BCUT2D eigenvalue weighted by molar-refractivity contribution is 6.32. The smallest absolute Gasteiger partial charge is 0.164 e. The van der Waals surface area contributed by atoms with Gasteiger partial charge in [0, 0.05) is 0 Å². The van der Waals surface area contributed by atoms with Gasteiger partial charge in [0.15, 0.2) is 5.78 Å². The molecule has 0 saturated heterocycles. The van der Waals surface area contributed by atoms with Crippen LogP contribution < -0.4 is 0 Å². The van der Waals surface area contributed by atoms with Gasteiger partial charge in [0.1, 0.15) is 11.8 Å². The summed E-state index contributed by atoms with van der Waals surface area (Å²) in [7, 11) is 0. The van der Waals surface area contributed by atoms with Crippen molar-refractivity contribution < 1.29 is 9.90 Å². The number of nitriles is 1. The van der Waals surface area contributed by atoms with E-state index in [1.54, 1.807) is 6.07 Å². The molecule has 1 aromatic rings. The van der Waals surface area contributed by atoms with Crippen LogP contribution in [-0.4, -0.2) is 10.9 Å². The number of aromatic hydroxyl groups is 1. The molecule has 1 N–H and O–H groups in total. The van der Waals surface area contributed by atoms with Gasteiger partial charge in [0.2, 0.25) is 0 Å². The molecule has 0 fully saturated rings. The Kier molecular flexibility index (Phi) is 2.54. The number of nitrogens with zero attached hydrogens (tertiary/aromatic N) is 1. The number of halogens is 1. The Morgan fingerprint density at radius 2 is 2.23 bits per heavy atom. The number of rotatable bonds is 1. The number of phenolic OH excluding ortho intramolecular Hbond substituents is 1. The lowest BCUT2D eigenvalue weighted by Gasteiger charge is -2.03. The molecule has 0 amide bonds. The number of carbonyl (C=O) groups excluding carboxylic acids is 1. The summed E-state index contributed by atoms with van der Waals surface area (Å²) in [5, 5.41) is 18.1. The zero-order chi connectivity index (χ0) is 10.0. The first kappa shape index (κ1) is 9.56. The Bertz CT molecular complexity index is 407. The summed E-state index contributed by atoms with van der Waals surface area (Å²) in [5.41, 5.74) is 0.00386. The first-order chi connectivity index (χ1) is 6.07. The van der Waals surface area contributed by atoms with E-state index in [0.717, 1.165) is 0 Å². The first-order valence-electron chi connectivity index (χ1n) is 3.50. The van der Waals surface area contributed by atoms with Gasteiger partial charge in [0.05, 0.1) is 16.1 Å². The lowest BCUT2D eigenvalue weighted by atomic mass is 10.0. The normalized spacial score (nSPS) is 9.31. The van der Waals surface area contributed by atoms with E-state index >= 15 is 0 Å². The lowest BCUT2D eigenvalue weighted by molar-refractivity contribution is 0.101.